The molecule has 0 N–H and O–H groups in total. The molecule has 0 radical (unpaired) electrons. The van der Waals surface area contributed by atoms with Crippen LogP contribution in [-0.4, -0.2) is 34.5 Å². The van der Waals surface area contributed by atoms with Gasteiger partial charge in [0.2, 0.25) is 0 Å². The van der Waals surface area contributed by atoms with Gasteiger partial charge >= 0.3 is 0 Å². The third-order valence-corrected chi connectivity index (χ3v) is 9.74. The molecule has 0 fully saturated rings. The molecule has 1 heterocycles. The highest BCUT2D eigenvalue weighted by Crippen LogP contribution is 2.73. The molecule has 3 nitrogen and oxygen atoms in total. The molecular weight excluding hydrogens is 428 g/mol. The van der Waals surface area contributed by atoms with E-state index in [1.807, 2.05) is 0 Å². The third kappa shape index (κ3) is 3.45. The molecule has 0 spiro atoms. The molecule has 4 rings (SSSR count). The Morgan fingerprint density at radius 3 is 1.84 bits per heavy atom. The van der Waals surface area contributed by atoms with Gasteiger partial charge < -0.3 is 4.57 Å². The predicted molar refractivity (Wildman–Crippen MR) is 147 cm³/mol. The topological polar surface area (TPSA) is 13.1 Å². The van der Waals surface area contributed by atoms with Gasteiger partial charge in [0, 0.05) is 36.3 Å². The van der Waals surface area contributed by atoms with Gasteiger partial charge in [0.25, 0.3) is 0 Å². The highest BCUT2D eigenvalue weighted by atomic mass is 32.1. The van der Waals surface area contributed by atoms with E-state index >= 15 is 0 Å². The van der Waals surface area contributed by atoms with Gasteiger partial charge in [-0.05, 0) is 72.2 Å². The minimum absolute atomic E-state index is 0.0694. The van der Waals surface area contributed by atoms with Crippen LogP contribution in [0.15, 0.2) is 54.7 Å². The molecule has 0 bridgehead atoms. The Hall–Kier alpha value is -1.68. The molecule has 0 amide bonds. The summed E-state index contributed by atoms with van der Waals surface area (Å²) in [5.74, 6) is 0. The maximum Gasteiger partial charge on any atom is 0.183 e. The van der Waals surface area contributed by atoms with Crippen molar-refractivity contribution in [2.75, 3.05) is 13.1 Å². The first-order chi connectivity index (χ1) is 15.3. The van der Waals surface area contributed by atoms with Crippen LogP contribution in [0.2, 0.25) is 0 Å². The quantitative estimate of drug-likeness (QED) is 0.237. The van der Waals surface area contributed by atoms with Crippen LogP contribution < -0.4 is 5.44 Å². The normalized spacial score (nSPS) is 15.4. The highest BCUT2D eigenvalue weighted by Gasteiger charge is 2.50. The van der Waals surface area contributed by atoms with Gasteiger partial charge in [0.05, 0.1) is 6.20 Å². The molecular formula is C26H37BN3PS. The summed E-state index contributed by atoms with van der Waals surface area (Å²) >= 11 is 6.08. The van der Waals surface area contributed by atoms with Gasteiger partial charge in [-0.15, -0.1) is 0 Å². The Morgan fingerprint density at radius 1 is 0.906 bits per heavy atom. The first-order valence-electron chi connectivity index (χ1n) is 11.5. The van der Waals surface area contributed by atoms with E-state index in [4.69, 9.17) is 12.2 Å². The SMILES string of the molecule is [BH3-][P+](c1cn(C(C)C)c(=S)n1C(C)C)(C1c2ccccc2-c2ccccc21)N(CC)CC. The highest BCUT2D eigenvalue weighted by molar-refractivity contribution is 8.01. The lowest BCUT2D eigenvalue weighted by Crippen LogP contribution is -2.38. The second-order valence-corrected chi connectivity index (χ2v) is 11.4. The lowest BCUT2D eigenvalue weighted by atomic mass is 10.1. The van der Waals surface area contributed by atoms with Crippen molar-refractivity contribution in [1.82, 2.24) is 13.8 Å². The van der Waals surface area contributed by atoms with E-state index in [0.29, 0.717) is 17.7 Å². The average Bonchev–Trinajstić information content (AvgIpc) is 3.30. The third-order valence-electron chi connectivity index (χ3n) is 6.32. The minimum Gasteiger partial charge on any atom is -0.317 e. The molecule has 6 heteroatoms. The van der Waals surface area contributed by atoms with Crippen LogP contribution in [0.1, 0.15) is 70.4 Å². The number of hydrogen-bond donors (Lipinski definition) is 0. The molecule has 0 saturated carbocycles. The van der Waals surface area contributed by atoms with Gasteiger partial charge in [0.15, 0.2) is 17.8 Å². The largest absolute Gasteiger partial charge is 0.317 e. The molecule has 0 saturated heterocycles. The van der Waals surface area contributed by atoms with Crippen molar-refractivity contribution in [1.29, 1.82) is 0 Å². The summed E-state index contributed by atoms with van der Waals surface area (Å²) in [6.07, 6.45) is 2.45. The molecule has 3 aromatic rings. The van der Waals surface area contributed by atoms with Crippen molar-refractivity contribution in [3.8, 4) is 11.1 Å². The molecule has 170 valence electrons. The molecule has 0 aliphatic heterocycles. The summed E-state index contributed by atoms with van der Waals surface area (Å²) in [6.45, 7) is 16.0. The van der Waals surface area contributed by atoms with E-state index in [-0.39, 0.29) is 7.57 Å². The number of benzene rings is 2. The van der Waals surface area contributed by atoms with Crippen molar-refractivity contribution in [2.24, 2.45) is 0 Å². The first-order valence-corrected chi connectivity index (χ1v) is 13.2. The Bertz CT molecular complexity index is 1130. The van der Waals surface area contributed by atoms with E-state index in [1.165, 1.54) is 27.7 Å². The van der Waals surface area contributed by atoms with E-state index in [2.05, 4.69) is 110 Å². The van der Waals surface area contributed by atoms with Crippen LogP contribution in [0.25, 0.3) is 11.1 Å². The van der Waals surface area contributed by atoms with Crippen LogP contribution in [0.5, 0.6) is 0 Å². The monoisotopic (exact) mass is 465 g/mol. The molecule has 1 aliphatic rings. The fourth-order valence-electron chi connectivity index (χ4n) is 4.85. The zero-order chi connectivity index (χ0) is 23.2. The summed E-state index contributed by atoms with van der Waals surface area (Å²) in [5.41, 5.74) is 7.92. The van der Waals surface area contributed by atoms with E-state index in [0.717, 1.165) is 17.9 Å². The molecule has 1 aromatic heterocycles. The molecule has 1 atom stereocenters. The van der Waals surface area contributed by atoms with Gasteiger partial charge in [-0.3, -0.25) is 4.57 Å². The average molecular weight is 465 g/mol. The van der Waals surface area contributed by atoms with Crippen molar-refractivity contribution in [2.45, 2.75) is 59.3 Å². The van der Waals surface area contributed by atoms with Crippen molar-refractivity contribution in [3.05, 3.63) is 70.6 Å². The summed E-state index contributed by atoms with van der Waals surface area (Å²) in [6, 6.07) is 19.0. The van der Waals surface area contributed by atoms with Crippen LogP contribution in [0.4, 0.5) is 0 Å². The van der Waals surface area contributed by atoms with E-state index in [9.17, 15) is 0 Å². The summed E-state index contributed by atoms with van der Waals surface area (Å²) in [5, 5.41) is 0. The van der Waals surface area contributed by atoms with Crippen molar-refractivity contribution < 1.29 is 0 Å². The van der Waals surface area contributed by atoms with E-state index < -0.39 is 7.29 Å². The molecule has 1 aliphatic carbocycles. The lowest BCUT2D eigenvalue weighted by molar-refractivity contribution is 0.499. The number of nitrogens with zero attached hydrogens (tertiary/aromatic N) is 3. The maximum atomic E-state index is 6.08. The standard InChI is InChI=1S/C26H37BN3PS/c1-7-28(8-2)31(27,24-17-29(18(3)4)26(32)30(24)19(5)6)25-22-15-11-9-13-20(22)21-14-10-12-16-23(21)25/h9-19,25H,7-8H2,1-6,27H3. The predicted octanol–water partition coefficient (Wildman–Crippen LogP) is 6.13. The van der Waals surface area contributed by atoms with Gasteiger partial charge in [-0.1, -0.05) is 48.5 Å². The van der Waals surface area contributed by atoms with Gasteiger partial charge in [0.1, 0.15) is 5.66 Å². The fourth-order valence-corrected chi connectivity index (χ4v) is 8.75. The van der Waals surface area contributed by atoms with Gasteiger partial charge in [-0.2, -0.15) is 0 Å². The minimum atomic E-state index is -1.62. The zero-order valence-electron chi connectivity index (χ0n) is 19.5. The van der Waals surface area contributed by atoms with Crippen LogP contribution in [-0.2, 0) is 0 Å². The Kier molecular flexibility index (Phi) is 6.55. The smallest absolute Gasteiger partial charge is 0.183 e. The number of aromatic nitrogens is 2. The van der Waals surface area contributed by atoms with Crippen LogP contribution >= 0.6 is 19.5 Å². The summed E-state index contributed by atoms with van der Waals surface area (Å²) in [4.78, 5) is 0. The lowest BCUT2D eigenvalue weighted by Gasteiger charge is -2.44. The Balaban J connectivity index is 2.09. The zero-order valence-corrected chi connectivity index (χ0v) is 21.3. The number of imidazole rings is 1. The first kappa shape index (κ1) is 23.5. The Morgan fingerprint density at radius 2 is 1.41 bits per heavy atom. The van der Waals surface area contributed by atoms with Crippen LogP contribution in [0, 0.1) is 4.77 Å². The van der Waals surface area contributed by atoms with Gasteiger partial charge in [-0.25, -0.2) is 4.67 Å². The Labute approximate surface area is 200 Å². The summed E-state index contributed by atoms with van der Waals surface area (Å²) in [7, 11) is -1.69. The second-order valence-electron chi connectivity index (χ2n) is 8.80. The number of hydrogen-bond acceptors (Lipinski definition) is 2. The fraction of sp³-hybridized carbons (Fsp3) is 0.423. The second kappa shape index (κ2) is 8.93. The van der Waals surface area contributed by atoms with Crippen LogP contribution in [0.3, 0.4) is 0 Å². The molecule has 1 unspecified atom stereocenters. The molecule has 32 heavy (non-hydrogen) atoms. The van der Waals surface area contributed by atoms with E-state index in [1.54, 1.807) is 0 Å². The summed E-state index contributed by atoms with van der Waals surface area (Å²) < 4.78 is 8.70. The van der Waals surface area contributed by atoms with Crippen molar-refractivity contribution in [3.63, 3.8) is 0 Å². The number of rotatable bonds is 7. The maximum absolute atomic E-state index is 6.08. The molecule has 2 aromatic carbocycles. The number of fused-ring (bicyclic) bond motifs is 3. The van der Waals surface area contributed by atoms with Crippen molar-refractivity contribution >= 4 is 32.5 Å².